The molecule has 0 aliphatic carbocycles. The summed E-state index contributed by atoms with van der Waals surface area (Å²) in [5.41, 5.74) is 5.58. The van der Waals surface area contributed by atoms with Crippen LogP contribution in [0.4, 0.5) is 11.6 Å². The molecular weight excluding hydrogens is 300 g/mol. The van der Waals surface area contributed by atoms with Crippen LogP contribution in [-0.4, -0.2) is 15.2 Å². The van der Waals surface area contributed by atoms with E-state index in [1.807, 2.05) is 57.2 Å². The van der Waals surface area contributed by atoms with Crippen molar-refractivity contribution in [2.45, 2.75) is 27.2 Å². The van der Waals surface area contributed by atoms with Gasteiger partial charge < -0.3 is 5.32 Å². The molecule has 0 amide bonds. The van der Waals surface area contributed by atoms with E-state index in [4.69, 9.17) is 0 Å². The van der Waals surface area contributed by atoms with Crippen LogP contribution in [0.1, 0.15) is 27.9 Å². The van der Waals surface area contributed by atoms with Crippen molar-refractivity contribution in [3.05, 3.63) is 80.8 Å². The van der Waals surface area contributed by atoms with Crippen molar-refractivity contribution in [2.75, 3.05) is 5.32 Å². The normalized spacial score (nSPS) is 10.6. The Kier molecular flexibility index (Phi) is 4.42. The zero-order valence-electron chi connectivity index (χ0n) is 14.1. The summed E-state index contributed by atoms with van der Waals surface area (Å²) in [4.78, 5) is 15.0. The summed E-state index contributed by atoms with van der Waals surface area (Å²) >= 11 is 0. The summed E-state index contributed by atoms with van der Waals surface area (Å²) in [5.74, 6) is 0.347. The molecule has 0 aliphatic heterocycles. The van der Waals surface area contributed by atoms with Gasteiger partial charge in [-0.2, -0.15) is 0 Å². The Morgan fingerprint density at radius 2 is 1.67 bits per heavy atom. The molecule has 0 atom stereocenters. The monoisotopic (exact) mass is 320 g/mol. The molecule has 0 radical (unpaired) electrons. The number of aryl methyl sites for hydroxylation is 3. The fourth-order valence-corrected chi connectivity index (χ4v) is 2.51. The zero-order valence-corrected chi connectivity index (χ0v) is 14.1. The molecule has 0 saturated heterocycles. The summed E-state index contributed by atoms with van der Waals surface area (Å²) in [7, 11) is 0. The van der Waals surface area contributed by atoms with Crippen LogP contribution in [0.25, 0.3) is 0 Å². The first-order valence-corrected chi connectivity index (χ1v) is 7.87. The van der Waals surface area contributed by atoms with E-state index in [1.165, 1.54) is 11.1 Å². The van der Waals surface area contributed by atoms with E-state index in [0.717, 1.165) is 16.8 Å². The lowest BCUT2D eigenvalue weighted by molar-refractivity contribution is 0.873. The van der Waals surface area contributed by atoms with Gasteiger partial charge in [0, 0.05) is 12.1 Å². The lowest BCUT2D eigenvalue weighted by atomic mass is 10.1. The second-order valence-corrected chi connectivity index (χ2v) is 6.06. The van der Waals surface area contributed by atoms with Crippen LogP contribution in [0.5, 0.6) is 0 Å². The Hall–Kier alpha value is -2.95. The summed E-state index contributed by atoms with van der Waals surface area (Å²) < 4.78 is 0. The van der Waals surface area contributed by atoms with E-state index >= 15 is 0 Å². The molecule has 3 rings (SSSR count). The minimum Gasteiger partial charge on any atom is -0.324 e. The number of benzene rings is 2. The highest BCUT2D eigenvalue weighted by Gasteiger charge is 2.07. The maximum atomic E-state index is 12.2. The van der Waals surface area contributed by atoms with Crippen molar-refractivity contribution in [2.24, 2.45) is 0 Å². The van der Waals surface area contributed by atoms with Gasteiger partial charge in [0.05, 0.1) is 0 Å². The van der Waals surface area contributed by atoms with Crippen molar-refractivity contribution in [1.82, 2.24) is 15.2 Å². The number of anilines is 2. The Morgan fingerprint density at radius 3 is 2.33 bits per heavy atom. The molecule has 0 fully saturated rings. The Labute approximate surface area is 140 Å². The summed E-state index contributed by atoms with van der Waals surface area (Å²) in [6.07, 6.45) is 0.465. The average Bonchev–Trinajstić information content (AvgIpc) is 2.55. The zero-order chi connectivity index (χ0) is 17.1. The van der Waals surface area contributed by atoms with E-state index in [2.05, 4.69) is 26.6 Å². The fraction of sp³-hybridized carbons (Fsp3) is 0.211. The Bertz CT molecular complexity index is 913. The lowest BCUT2D eigenvalue weighted by Crippen LogP contribution is -2.19. The van der Waals surface area contributed by atoms with Crippen LogP contribution >= 0.6 is 0 Å². The Balaban J connectivity index is 1.79. The molecule has 0 saturated carbocycles. The van der Waals surface area contributed by atoms with Gasteiger partial charge in [0.2, 0.25) is 5.95 Å². The van der Waals surface area contributed by atoms with Gasteiger partial charge in [0.1, 0.15) is 5.69 Å². The van der Waals surface area contributed by atoms with Crippen LogP contribution in [-0.2, 0) is 6.42 Å². The summed E-state index contributed by atoms with van der Waals surface area (Å²) in [5, 5.41) is 11.3. The molecular formula is C19H20N4O. The number of nitrogens with one attached hydrogen (secondary N) is 2. The van der Waals surface area contributed by atoms with E-state index in [0.29, 0.717) is 18.1 Å². The maximum Gasteiger partial charge on any atom is 0.274 e. The largest absolute Gasteiger partial charge is 0.324 e. The maximum absolute atomic E-state index is 12.2. The molecule has 1 aromatic heterocycles. The predicted molar refractivity (Wildman–Crippen MR) is 95.8 cm³/mol. The Morgan fingerprint density at radius 1 is 0.958 bits per heavy atom. The number of aromatic amines is 1. The molecule has 0 spiro atoms. The number of nitrogens with zero attached hydrogens (tertiary/aromatic N) is 2. The first-order chi connectivity index (χ1) is 11.5. The van der Waals surface area contributed by atoms with Crippen molar-refractivity contribution in [3.8, 4) is 0 Å². The topological polar surface area (TPSA) is 70.7 Å². The third-order valence-electron chi connectivity index (χ3n) is 3.89. The molecule has 2 N–H and O–H groups in total. The van der Waals surface area contributed by atoms with Crippen molar-refractivity contribution >= 4 is 11.6 Å². The van der Waals surface area contributed by atoms with Crippen LogP contribution in [0, 0.1) is 20.8 Å². The molecule has 0 aliphatic rings. The summed E-state index contributed by atoms with van der Waals surface area (Å²) in [6.45, 7) is 6.08. The molecule has 3 aromatic rings. The molecule has 122 valence electrons. The molecule has 0 unspecified atom stereocenters. The third-order valence-corrected chi connectivity index (χ3v) is 3.89. The first-order valence-electron chi connectivity index (χ1n) is 7.87. The summed E-state index contributed by atoms with van der Waals surface area (Å²) in [6, 6.07) is 14.1. The lowest BCUT2D eigenvalue weighted by Gasteiger charge is -2.09. The third kappa shape index (κ3) is 3.68. The predicted octanol–water partition coefficient (Wildman–Crippen LogP) is 3.42. The van der Waals surface area contributed by atoms with Gasteiger partial charge in [-0.05, 0) is 38.0 Å². The quantitative estimate of drug-likeness (QED) is 0.772. The van der Waals surface area contributed by atoms with E-state index in [1.54, 1.807) is 0 Å². The number of hydrogen-bond donors (Lipinski definition) is 2. The number of H-pyrrole nitrogens is 1. The van der Waals surface area contributed by atoms with Gasteiger partial charge in [-0.15, -0.1) is 10.2 Å². The molecule has 5 nitrogen and oxygen atoms in total. The van der Waals surface area contributed by atoms with Crippen LogP contribution in [0.3, 0.4) is 0 Å². The van der Waals surface area contributed by atoms with E-state index in [9.17, 15) is 4.79 Å². The van der Waals surface area contributed by atoms with Crippen LogP contribution in [0.2, 0.25) is 0 Å². The standard InChI is InChI=1S/C19H20N4O/c1-12-4-7-15(8-5-12)11-17-18(24)21-19(23-22-17)20-16-9-6-13(2)10-14(16)3/h4-10H,11H2,1-3H3,(H2,20,21,23,24). The molecule has 1 heterocycles. The van der Waals surface area contributed by atoms with Gasteiger partial charge in [-0.3, -0.25) is 9.78 Å². The van der Waals surface area contributed by atoms with Crippen molar-refractivity contribution in [1.29, 1.82) is 0 Å². The second kappa shape index (κ2) is 6.66. The number of hydrogen-bond acceptors (Lipinski definition) is 4. The van der Waals surface area contributed by atoms with Gasteiger partial charge in [0.15, 0.2) is 0 Å². The number of aromatic nitrogens is 3. The SMILES string of the molecule is Cc1ccc(Cc2nnc(Nc3ccc(C)cc3C)[nH]c2=O)cc1. The smallest absolute Gasteiger partial charge is 0.274 e. The van der Waals surface area contributed by atoms with Crippen LogP contribution < -0.4 is 10.9 Å². The van der Waals surface area contributed by atoms with Gasteiger partial charge in [0.25, 0.3) is 5.56 Å². The second-order valence-electron chi connectivity index (χ2n) is 6.06. The highest BCUT2D eigenvalue weighted by atomic mass is 16.1. The minimum absolute atomic E-state index is 0.224. The minimum atomic E-state index is -0.224. The van der Waals surface area contributed by atoms with Crippen molar-refractivity contribution < 1.29 is 0 Å². The highest BCUT2D eigenvalue weighted by molar-refractivity contribution is 5.58. The molecule has 5 heteroatoms. The first kappa shape index (κ1) is 15.9. The average molecular weight is 320 g/mol. The van der Waals surface area contributed by atoms with Gasteiger partial charge >= 0.3 is 0 Å². The molecule has 24 heavy (non-hydrogen) atoms. The fourth-order valence-electron chi connectivity index (χ4n) is 2.51. The molecule has 0 bridgehead atoms. The van der Waals surface area contributed by atoms with E-state index < -0.39 is 0 Å². The highest BCUT2D eigenvalue weighted by Crippen LogP contribution is 2.18. The number of rotatable bonds is 4. The van der Waals surface area contributed by atoms with Crippen molar-refractivity contribution in [3.63, 3.8) is 0 Å². The van der Waals surface area contributed by atoms with Crippen LogP contribution in [0.15, 0.2) is 47.3 Å². The molecule has 2 aromatic carbocycles. The van der Waals surface area contributed by atoms with E-state index in [-0.39, 0.29) is 5.56 Å². The van der Waals surface area contributed by atoms with Gasteiger partial charge in [-0.25, -0.2) is 0 Å². The van der Waals surface area contributed by atoms with Gasteiger partial charge in [-0.1, -0.05) is 47.5 Å².